The van der Waals surface area contributed by atoms with Crippen LogP contribution >= 0.6 is 22.7 Å². The van der Waals surface area contributed by atoms with Crippen LogP contribution in [0.5, 0.6) is 0 Å². The Labute approximate surface area is 121 Å². The maximum atomic E-state index is 4.73. The molecule has 0 aliphatic heterocycles. The summed E-state index contributed by atoms with van der Waals surface area (Å²) in [5.74, 6) is 0. The van der Waals surface area contributed by atoms with Gasteiger partial charge in [0.25, 0.3) is 0 Å². The van der Waals surface area contributed by atoms with Crippen molar-refractivity contribution >= 4 is 45.0 Å². The lowest BCUT2D eigenvalue weighted by Gasteiger charge is -1.96. The summed E-state index contributed by atoms with van der Waals surface area (Å²) in [5.41, 5.74) is 4.97. The molecule has 2 heterocycles. The standard InChI is InChI=1S/C16H15NS2/c1-10-4-5-11(2)16-15(10)17-14(19-16)7-6-13-8-12(3)18-9-13/h4-9H,1-3H3/b7-6+. The van der Waals surface area contributed by atoms with Crippen LogP contribution in [0.2, 0.25) is 0 Å². The predicted octanol–water partition coefficient (Wildman–Crippen LogP) is 5.45. The van der Waals surface area contributed by atoms with E-state index < -0.39 is 0 Å². The molecule has 0 N–H and O–H groups in total. The zero-order valence-corrected chi connectivity index (χ0v) is 12.9. The van der Waals surface area contributed by atoms with Gasteiger partial charge in [0.05, 0.1) is 10.2 Å². The highest BCUT2D eigenvalue weighted by Gasteiger charge is 2.06. The maximum absolute atomic E-state index is 4.73. The van der Waals surface area contributed by atoms with Crippen molar-refractivity contribution in [2.45, 2.75) is 20.8 Å². The normalized spacial score (nSPS) is 11.7. The molecule has 0 aliphatic carbocycles. The molecule has 1 nitrogen and oxygen atoms in total. The number of thiazole rings is 1. The van der Waals surface area contributed by atoms with Crippen LogP contribution in [0.1, 0.15) is 26.6 Å². The van der Waals surface area contributed by atoms with E-state index in [4.69, 9.17) is 4.98 Å². The Balaban J connectivity index is 2.00. The van der Waals surface area contributed by atoms with Crippen LogP contribution in [-0.4, -0.2) is 4.98 Å². The molecule has 1 aromatic carbocycles. The van der Waals surface area contributed by atoms with E-state index in [2.05, 4.69) is 56.5 Å². The Morgan fingerprint density at radius 2 is 1.84 bits per heavy atom. The Hall–Kier alpha value is -1.45. The summed E-state index contributed by atoms with van der Waals surface area (Å²) in [6.07, 6.45) is 4.26. The first-order chi connectivity index (χ1) is 9.13. The van der Waals surface area contributed by atoms with Crippen LogP contribution < -0.4 is 0 Å². The average molecular weight is 285 g/mol. The van der Waals surface area contributed by atoms with Crippen LogP contribution in [0.3, 0.4) is 0 Å². The number of hydrogen-bond donors (Lipinski definition) is 0. The fourth-order valence-electron chi connectivity index (χ4n) is 2.07. The Morgan fingerprint density at radius 3 is 2.53 bits per heavy atom. The lowest BCUT2D eigenvalue weighted by molar-refractivity contribution is 1.39. The Morgan fingerprint density at radius 1 is 1.05 bits per heavy atom. The van der Waals surface area contributed by atoms with Gasteiger partial charge in [0.15, 0.2) is 0 Å². The second kappa shape index (κ2) is 4.91. The van der Waals surface area contributed by atoms with E-state index >= 15 is 0 Å². The van der Waals surface area contributed by atoms with Gasteiger partial charge in [0.1, 0.15) is 5.01 Å². The summed E-state index contributed by atoms with van der Waals surface area (Å²) in [6, 6.07) is 6.52. The molecule has 0 spiro atoms. The van der Waals surface area contributed by atoms with E-state index in [1.807, 2.05) is 0 Å². The fourth-order valence-corrected chi connectivity index (χ4v) is 3.75. The minimum absolute atomic E-state index is 1.08. The van der Waals surface area contributed by atoms with E-state index in [0.717, 1.165) is 10.5 Å². The molecule has 3 aromatic rings. The Kier molecular flexibility index (Phi) is 3.25. The number of nitrogens with zero attached hydrogens (tertiary/aromatic N) is 1. The summed E-state index contributed by atoms with van der Waals surface area (Å²) >= 11 is 3.55. The van der Waals surface area contributed by atoms with Gasteiger partial charge in [0, 0.05) is 4.88 Å². The van der Waals surface area contributed by atoms with Crippen molar-refractivity contribution in [3.8, 4) is 0 Å². The van der Waals surface area contributed by atoms with E-state index in [9.17, 15) is 0 Å². The minimum atomic E-state index is 1.08. The molecule has 0 saturated heterocycles. The second-order valence-electron chi connectivity index (χ2n) is 4.75. The first-order valence-electron chi connectivity index (χ1n) is 6.23. The van der Waals surface area contributed by atoms with Gasteiger partial charge in [-0.1, -0.05) is 18.2 Å². The number of benzene rings is 1. The first-order valence-corrected chi connectivity index (χ1v) is 7.93. The molecule has 0 bridgehead atoms. The molecule has 19 heavy (non-hydrogen) atoms. The lowest BCUT2D eigenvalue weighted by Crippen LogP contribution is -1.78. The first kappa shape index (κ1) is 12.6. The molecule has 0 atom stereocenters. The third-order valence-electron chi connectivity index (χ3n) is 3.13. The molecular weight excluding hydrogens is 270 g/mol. The predicted molar refractivity (Wildman–Crippen MR) is 87.1 cm³/mol. The van der Waals surface area contributed by atoms with Crippen molar-refractivity contribution in [3.63, 3.8) is 0 Å². The third kappa shape index (κ3) is 2.48. The largest absolute Gasteiger partial charge is 0.236 e. The fraction of sp³-hybridized carbons (Fsp3) is 0.188. The van der Waals surface area contributed by atoms with Gasteiger partial charge in [-0.05, 0) is 55.0 Å². The molecule has 2 aromatic heterocycles. The van der Waals surface area contributed by atoms with Crippen LogP contribution in [0.4, 0.5) is 0 Å². The maximum Gasteiger partial charge on any atom is 0.117 e. The number of thiophene rings is 1. The van der Waals surface area contributed by atoms with Crippen LogP contribution in [0.15, 0.2) is 23.6 Å². The summed E-state index contributed by atoms with van der Waals surface area (Å²) in [6.45, 7) is 6.40. The van der Waals surface area contributed by atoms with E-state index in [-0.39, 0.29) is 0 Å². The molecule has 0 saturated carbocycles. The molecule has 0 fully saturated rings. The van der Waals surface area contributed by atoms with Gasteiger partial charge >= 0.3 is 0 Å². The summed E-state index contributed by atoms with van der Waals surface area (Å²) in [7, 11) is 0. The van der Waals surface area contributed by atoms with E-state index in [1.165, 1.54) is 26.3 Å². The quantitative estimate of drug-likeness (QED) is 0.610. The highest BCUT2D eigenvalue weighted by Crippen LogP contribution is 2.29. The van der Waals surface area contributed by atoms with E-state index in [0.29, 0.717) is 0 Å². The highest BCUT2D eigenvalue weighted by molar-refractivity contribution is 7.19. The third-order valence-corrected chi connectivity index (χ3v) is 5.16. The number of aryl methyl sites for hydroxylation is 3. The molecule has 3 heteroatoms. The van der Waals surface area contributed by atoms with Crippen molar-refractivity contribution < 1.29 is 0 Å². The van der Waals surface area contributed by atoms with Gasteiger partial charge in [-0.2, -0.15) is 0 Å². The average Bonchev–Trinajstić information content (AvgIpc) is 2.98. The number of aromatic nitrogens is 1. The zero-order chi connectivity index (χ0) is 13.4. The van der Waals surface area contributed by atoms with Gasteiger partial charge in [-0.25, -0.2) is 4.98 Å². The zero-order valence-electron chi connectivity index (χ0n) is 11.2. The van der Waals surface area contributed by atoms with Gasteiger partial charge in [0.2, 0.25) is 0 Å². The van der Waals surface area contributed by atoms with Gasteiger partial charge in [-0.3, -0.25) is 0 Å². The van der Waals surface area contributed by atoms with E-state index in [1.54, 1.807) is 22.7 Å². The van der Waals surface area contributed by atoms with Crippen molar-refractivity contribution in [2.24, 2.45) is 0 Å². The summed E-state index contributed by atoms with van der Waals surface area (Å²) < 4.78 is 1.31. The SMILES string of the molecule is Cc1cc(/C=C/c2nc3c(C)ccc(C)c3s2)cs1. The van der Waals surface area contributed by atoms with Crippen molar-refractivity contribution in [1.29, 1.82) is 0 Å². The molecule has 96 valence electrons. The Bertz CT molecular complexity index is 723. The number of hydrogen-bond acceptors (Lipinski definition) is 3. The van der Waals surface area contributed by atoms with Crippen LogP contribution in [0, 0.1) is 20.8 Å². The van der Waals surface area contributed by atoms with Crippen LogP contribution in [-0.2, 0) is 0 Å². The molecule has 0 aliphatic rings. The second-order valence-corrected chi connectivity index (χ2v) is 6.90. The van der Waals surface area contributed by atoms with Crippen molar-refractivity contribution in [1.82, 2.24) is 4.98 Å². The molecule has 0 unspecified atom stereocenters. The molecule has 3 rings (SSSR count). The lowest BCUT2D eigenvalue weighted by atomic mass is 10.1. The highest BCUT2D eigenvalue weighted by atomic mass is 32.1. The van der Waals surface area contributed by atoms with Gasteiger partial charge < -0.3 is 0 Å². The van der Waals surface area contributed by atoms with Crippen LogP contribution in [0.25, 0.3) is 22.4 Å². The number of rotatable bonds is 2. The smallest absolute Gasteiger partial charge is 0.117 e. The van der Waals surface area contributed by atoms with Crippen molar-refractivity contribution in [3.05, 3.63) is 50.2 Å². The monoisotopic (exact) mass is 285 g/mol. The summed E-state index contributed by atoms with van der Waals surface area (Å²) in [4.78, 5) is 6.07. The topological polar surface area (TPSA) is 12.9 Å². The minimum Gasteiger partial charge on any atom is -0.236 e. The number of fused-ring (bicyclic) bond motifs is 1. The van der Waals surface area contributed by atoms with Crippen molar-refractivity contribution in [2.75, 3.05) is 0 Å². The summed E-state index contributed by atoms with van der Waals surface area (Å²) in [5, 5.41) is 3.26. The molecule has 0 radical (unpaired) electrons. The molecular formula is C16H15NS2. The molecule has 0 amide bonds. The van der Waals surface area contributed by atoms with Gasteiger partial charge in [-0.15, -0.1) is 22.7 Å².